The quantitative estimate of drug-likeness (QED) is 0.589. The van der Waals surface area contributed by atoms with Crippen LogP contribution in [0.5, 0.6) is 5.75 Å². The Hall–Kier alpha value is -1.71. The van der Waals surface area contributed by atoms with Gasteiger partial charge in [-0.3, -0.25) is 0 Å². The van der Waals surface area contributed by atoms with Crippen molar-refractivity contribution in [2.24, 2.45) is 17.3 Å². The number of fused-ring (bicyclic) bond motifs is 5. The molecule has 3 aliphatic carbocycles. The van der Waals surface area contributed by atoms with Crippen molar-refractivity contribution >= 4 is 11.8 Å². The Labute approximate surface area is 178 Å². The third-order valence-electron chi connectivity index (χ3n) is 8.22. The number of benzene rings is 2. The van der Waals surface area contributed by atoms with E-state index < -0.39 is 5.60 Å². The van der Waals surface area contributed by atoms with Crippen LogP contribution in [0.1, 0.15) is 56.1 Å². The lowest BCUT2D eigenvalue weighted by atomic mass is 9.53. The summed E-state index contributed by atoms with van der Waals surface area (Å²) < 4.78 is 0. The maximum absolute atomic E-state index is 11.7. The predicted octanol–water partition coefficient (Wildman–Crippen LogP) is 6.29. The summed E-state index contributed by atoms with van der Waals surface area (Å²) in [6.45, 7) is 2.34. The largest absolute Gasteiger partial charge is 0.508 e. The van der Waals surface area contributed by atoms with E-state index >= 15 is 0 Å². The summed E-state index contributed by atoms with van der Waals surface area (Å²) >= 11 is 1.69. The molecule has 3 aliphatic rings. The van der Waals surface area contributed by atoms with Gasteiger partial charge in [-0.1, -0.05) is 43.0 Å². The maximum atomic E-state index is 11.7. The maximum Gasteiger partial charge on any atom is 0.115 e. The number of phenols is 1. The molecule has 29 heavy (non-hydrogen) atoms. The molecule has 2 aromatic carbocycles. The summed E-state index contributed by atoms with van der Waals surface area (Å²) in [7, 11) is 0. The lowest BCUT2D eigenvalue weighted by molar-refractivity contribution is -0.0708. The molecule has 0 spiro atoms. The molecule has 2 aromatic rings. The van der Waals surface area contributed by atoms with Crippen molar-refractivity contribution in [2.75, 3.05) is 0 Å². The average Bonchev–Trinajstić information content (AvgIpc) is 2.99. The molecule has 5 rings (SSSR count). The molecule has 0 aromatic heterocycles. The predicted molar refractivity (Wildman–Crippen MR) is 119 cm³/mol. The number of aliphatic hydroxyl groups is 1. The fourth-order valence-corrected chi connectivity index (χ4v) is 7.38. The van der Waals surface area contributed by atoms with Crippen molar-refractivity contribution in [1.29, 1.82) is 0 Å². The first-order valence-electron chi connectivity index (χ1n) is 10.9. The second-order valence-electron chi connectivity index (χ2n) is 9.45. The number of hydrogen-bond donors (Lipinski definition) is 2. The van der Waals surface area contributed by atoms with E-state index in [0.717, 1.165) is 32.1 Å². The molecule has 5 atom stereocenters. The Kier molecular flexibility index (Phi) is 4.79. The van der Waals surface area contributed by atoms with Crippen LogP contribution in [0, 0.1) is 17.3 Å². The van der Waals surface area contributed by atoms with Crippen LogP contribution in [-0.4, -0.2) is 15.8 Å². The molecule has 2 fully saturated rings. The zero-order valence-electron chi connectivity index (χ0n) is 17.1. The number of hydrogen-bond acceptors (Lipinski definition) is 3. The smallest absolute Gasteiger partial charge is 0.115 e. The van der Waals surface area contributed by atoms with Crippen molar-refractivity contribution in [3.8, 4) is 5.75 Å². The van der Waals surface area contributed by atoms with E-state index in [1.807, 2.05) is 18.2 Å². The third kappa shape index (κ3) is 3.14. The van der Waals surface area contributed by atoms with Crippen LogP contribution in [0.3, 0.4) is 0 Å². The standard InChI is InChI=1S/C26H30O2S/c1-25-13-11-22-21-10-8-19(27)17-18(21)7-9-23(22)24(25)12-14-26(25,28)15-16-29-20-5-3-2-4-6-20/h2-6,8,10,15-17,22-24,27-28H,7,9,11-14H2,1H3/b16-15-/t22?,23?,24?,25-,26+/m0/s1. The molecule has 2 saturated carbocycles. The van der Waals surface area contributed by atoms with E-state index in [-0.39, 0.29) is 5.41 Å². The summed E-state index contributed by atoms with van der Waals surface area (Å²) in [5, 5.41) is 23.7. The monoisotopic (exact) mass is 406 g/mol. The van der Waals surface area contributed by atoms with E-state index in [9.17, 15) is 10.2 Å². The van der Waals surface area contributed by atoms with Gasteiger partial charge < -0.3 is 10.2 Å². The Morgan fingerprint density at radius 2 is 1.86 bits per heavy atom. The topological polar surface area (TPSA) is 40.5 Å². The van der Waals surface area contributed by atoms with E-state index in [0.29, 0.717) is 23.5 Å². The van der Waals surface area contributed by atoms with E-state index in [1.165, 1.54) is 22.4 Å². The minimum atomic E-state index is -0.709. The molecule has 0 saturated heterocycles. The fourth-order valence-electron chi connectivity index (χ4n) is 6.62. The van der Waals surface area contributed by atoms with Crippen LogP contribution in [0.2, 0.25) is 0 Å². The lowest BCUT2D eigenvalue weighted by Gasteiger charge is -2.52. The molecular weight excluding hydrogens is 376 g/mol. The average molecular weight is 407 g/mol. The van der Waals surface area contributed by atoms with Gasteiger partial charge in [0.15, 0.2) is 0 Å². The number of thioether (sulfide) groups is 1. The minimum Gasteiger partial charge on any atom is -0.508 e. The Bertz CT molecular complexity index is 924. The zero-order valence-corrected chi connectivity index (χ0v) is 17.9. The molecule has 2 N–H and O–H groups in total. The number of aromatic hydroxyl groups is 1. The third-order valence-corrected chi connectivity index (χ3v) is 9.03. The molecular formula is C26H30O2S. The van der Waals surface area contributed by atoms with Gasteiger partial charge in [-0.15, -0.1) is 0 Å². The van der Waals surface area contributed by atoms with Gasteiger partial charge in [0, 0.05) is 10.3 Å². The van der Waals surface area contributed by atoms with E-state index in [4.69, 9.17) is 0 Å². The molecule has 0 aliphatic heterocycles. The van der Waals surface area contributed by atoms with Gasteiger partial charge in [-0.25, -0.2) is 0 Å². The summed E-state index contributed by atoms with van der Waals surface area (Å²) in [4.78, 5) is 1.21. The van der Waals surface area contributed by atoms with Crippen LogP contribution in [0.25, 0.3) is 0 Å². The van der Waals surface area contributed by atoms with Crippen LogP contribution in [-0.2, 0) is 6.42 Å². The molecule has 0 amide bonds. The van der Waals surface area contributed by atoms with Gasteiger partial charge in [-0.2, -0.15) is 0 Å². The van der Waals surface area contributed by atoms with Gasteiger partial charge in [0.25, 0.3) is 0 Å². The van der Waals surface area contributed by atoms with E-state index in [1.54, 1.807) is 11.8 Å². The molecule has 3 heteroatoms. The van der Waals surface area contributed by atoms with Crippen LogP contribution in [0.15, 0.2) is 64.9 Å². The van der Waals surface area contributed by atoms with Gasteiger partial charge in [0.05, 0.1) is 5.60 Å². The highest BCUT2D eigenvalue weighted by atomic mass is 32.2. The summed E-state index contributed by atoms with van der Waals surface area (Å²) in [6, 6.07) is 16.3. The lowest BCUT2D eigenvalue weighted by Crippen LogP contribution is -2.49. The zero-order chi connectivity index (χ0) is 20.1. The SMILES string of the molecule is C[C@]12CCC3c4ccc(O)cc4CCC3C1CC[C@@]2(O)/C=C\Sc1ccccc1. The molecule has 0 radical (unpaired) electrons. The summed E-state index contributed by atoms with van der Waals surface area (Å²) in [5.74, 6) is 2.19. The first-order valence-corrected chi connectivity index (χ1v) is 11.8. The Morgan fingerprint density at radius 1 is 1.03 bits per heavy atom. The van der Waals surface area contributed by atoms with Crippen molar-refractivity contribution in [1.82, 2.24) is 0 Å². The molecule has 3 unspecified atom stereocenters. The highest BCUT2D eigenvalue weighted by Gasteiger charge is 2.60. The number of aryl methyl sites for hydroxylation is 1. The Morgan fingerprint density at radius 3 is 2.69 bits per heavy atom. The highest BCUT2D eigenvalue weighted by Crippen LogP contribution is 2.64. The number of phenolic OH excluding ortho intramolecular Hbond substituents is 1. The van der Waals surface area contributed by atoms with Crippen LogP contribution < -0.4 is 0 Å². The highest BCUT2D eigenvalue weighted by molar-refractivity contribution is 8.02. The van der Waals surface area contributed by atoms with E-state index in [2.05, 4.69) is 48.7 Å². The molecule has 0 bridgehead atoms. The van der Waals surface area contributed by atoms with Gasteiger partial charge >= 0.3 is 0 Å². The van der Waals surface area contributed by atoms with Gasteiger partial charge in [-0.05, 0) is 103 Å². The van der Waals surface area contributed by atoms with Gasteiger partial charge in [0.1, 0.15) is 5.75 Å². The van der Waals surface area contributed by atoms with Gasteiger partial charge in [0.2, 0.25) is 0 Å². The first-order chi connectivity index (χ1) is 14.0. The Balaban J connectivity index is 1.38. The van der Waals surface area contributed by atoms with Crippen molar-refractivity contribution in [2.45, 2.75) is 61.9 Å². The van der Waals surface area contributed by atoms with Crippen molar-refractivity contribution < 1.29 is 10.2 Å². The number of rotatable bonds is 3. The minimum absolute atomic E-state index is 0.0453. The second kappa shape index (κ2) is 7.21. The second-order valence-corrected chi connectivity index (χ2v) is 10.4. The first kappa shape index (κ1) is 19.3. The molecule has 0 heterocycles. The van der Waals surface area contributed by atoms with Crippen LogP contribution in [0.4, 0.5) is 0 Å². The summed E-state index contributed by atoms with van der Waals surface area (Å²) in [6.07, 6.45) is 8.51. The molecule has 2 nitrogen and oxygen atoms in total. The van der Waals surface area contributed by atoms with Crippen LogP contribution >= 0.6 is 11.8 Å². The normalized spacial score (nSPS) is 35.9. The summed E-state index contributed by atoms with van der Waals surface area (Å²) in [5.41, 5.74) is 2.03. The molecule has 152 valence electrons. The van der Waals surface area contributed by atoms with Crippen molar-refractivity contribution in [3.05, 3.63) is 71.1 Å². The van der Waals surface area contributed by atoms with Crippen molar-refractivity contribution in [3.63, 3.8) is 0 Å². The fraction of sp³-hybridized carbons (Fsp3) is 0.462.